The van der Waals surface area contributed by atoms with Crippen molar-refractivity contribution in [2.75, 3.05) is 24.5 Å². The fraction of sp³-hybridized carbons (Fsp3) is 0.533. The number of benzene rings is 2. The fourth-order valence-corrected chi connectivity index (χ4v) is 5.87. The molecule has 1 atom stereocenters. The molecule has 4 rings (SSSR count). The van der Waals surface area contributed by atoms with Crippen molar-refractivity contribution in [1.82, 2.24) is 10.2 Å². The summed E-state index contributed by atoms with van der Waals surface area (Å²) in [7, 11) is 0. The first-order valence-corrected chi connectivity index (χ1v) is 13.6. The van der Waals surface area contributed by atoms with E-state index in [1.807, 2.05) is 48.5 Å². The summed E-state index contributed by atoms with van der Waals surface area (Å²) in [5, 5.41) is 3.31. The molecule has 5 nitrogen and oxygen atoms in total. The van der Waals surface area contributed by atoms with E-state index in [2.05, 4.69) is 35.0 Å². The number of carbonyl (C=O) groups is 2. The Morgan fingerprint density at radius 2 is 1.57 bits per heavy atom. The summed E-state index contributed by atoms with van der Waals surface area (Å²) in [6.45, 7) is 6.61. The smallest absolute Gasteiger partial charge is 0.256 e. The van der Waals surface area contributed by atoms with E-state index in [1.54, 1.807) is 0 Å². The molecule has 5 heteroatoms. The summed E-state index contributed by atoms with van der Waals surface area (Å²) in [6, 6.07) is 18.7. The molecular weight excluding hydrogens is 434 g/mol. The largest absolute Gasteiger partial charge is 0.371 e. The summed E-state index contributed by atoms with van der Waals surface area (Å²) < 4.78 is 0. The van der Waals surface area contributed by atoms with Gasteiger partial charge in [0.2, 0.25) is 5.91 Å². The van der Waals surface area contributed by atoms with E-state index >= 15 is 0 Å². The highest BCUT2D eigenvalue weighted by atomic mass is 16.2. The zero-order chi connectivity index (χ0) is 24.6. The van der Waals surface area contributed by atoms with Crippen molar-refractivity contribution in [1.29, 1.82) is 0 Å². The van der Waals surface area contributed by atoms with E-state index in [1.165, 1.54) is 19.3 Å². The minimum Gasteiger partial charge on any atom is -0.371 e. The van der Waals surface area contributed by atoms with Crippen LogP contribution in [-0.2, 0) is 4.79 Å². The second-order valence-corrected chi connectivity index (χ2v) is 10.0. The van der Waals surface area contributed by atoms with Gasteiger partial charge in [0.1, 0.15) is 0 Å². The van der Waals surface area contributed by atoms with Gasteiger partial charge in [-0.1, -0.05) is 68.7 Å². The zero-order valence-electron chi connectivity index (χ0n) is 21.4. The molecule has 2 fully saturated rings. The van der Waals surface area contributed by atoms with E-state index in [0.29, 0.717) is 6.04 Å². The van der Waals surface area contributed by atoms with E-state index in [-0.39, 0.29) is 23.8 Å². The van der Waals surface area contributed by atoms with Crippen molar-refractivity contribution in [2.24, 2.45) is 0 Å². The third-order valence-electron chi connectivity index (χ3n) is 7.86. The minimum absolute atomic E-state index is 0.104. The molecule has 0 spiro atoms. The third kappa shape index (κ3) is 6.06. The lowest BCUT2D eigenvalue weighted by Crippen LogP contribution is -2.47. The van der Waals surface area contributed by atoms with Gasteiger partial charge in [0.15, 0.2) is 0 Å². The number of hydrogen-bond acceptors (Lipinski definition) is 3. The average Bonchev–Trinajstić information content (AvgIpc) is 2.91. The van der Waals surface area contributed by atoms with E-state index in [9.17, 15) is 9.59 Å². The number of carbonyl (C=O) groups excluding carboxylic acids is 2. The molecule has 0 aromatic heterocycles. The molecule has 0 radical (unpaired) electrons. The van der Waals surface area contributed by atoms with Crippen LogP contribution >= 0.6 is 0 Å². The molecule has 1 N–H and O–H groups in total. The SMILES string of the molecule is CCC(C(=O)NC1CCN(c2ccccc2C(=O)N(CC)C2CCCCC2)CC1)c1ccccc1. The van der Waals surface area contributed by atoms with Gasteiger partial charge in [0.05, 0.1) is 11.5 Å². The fourth-order valence-electron chi connectivity index (χ4n) is 5.87. The number of rotatable bonds is 8. The van der Waals surface area contributed by atoms with Crippen LogP contribution in [0.4, 0.5) is 5.69 Å². The van der Waals surface area contributed by atoms with Crippen LogP contribution in [0, 0.1) is 0 Å². The Balaban J connectivity index is 1.39. The molecule has 2 aromatic rings. The number of amides is 2. The van der Waals surface area contributed by atoms with Crippen LogP contribution in [0.5, 0.6) is 0 Å². The molecule has 2 amide bonds. The maximum Gasteiger partial charge on any atom is 0.256 e. The molecule has 2 aliphatic rings. The van der Waals surface area contributed by atoms with Crippen LogP contribution in [-0.4, -0.2) is 48.4 Å². The van der Waals surface area contributed by atoms with Gasteiger partial charge in [-0.05, 0) is 56.7 Å². The molecule has 35 heavy (non-hydrogen) atoms. The maximum absolute atomic E-state index is 13.6. The second kappa shape index (κ2) is 12.2. The number of nitrogens with zero attached hydrogens (tertiary/aromatic N) is 2. The van der Waals surface area contributed by atoms with Crippen LogP contribution in [0.25, 0.3) is 0 Å². The minimum atomic E-state index is -0.104. The molecule has 1 aliphatic carbocycles. The average molecular weight is 476 g/mol. The maximum atomic E-state index is 13.6. The highest BCUT2D eigenvalue weighted by Gasteiger charge is 2.29. The predicted molar refractivity (Wildman–Crippen MR) is 143 cm³/mol. The predicted octanol–water partition coefficient (Wildman–Crippen LogP) is 5.76. The summed E-state index contributed by atoms with van der Waals surface area (Å²) >= 11 is 0. The lowest BCUT2D eigenvalue weighted by molar-refractivity contribution is -0.123. The van der Waals surface area contributed by atoms with Crippen LogP contribution in [0.3, 0.4) is 0 Å². The number of anilines is 1. The Bertz CT molecular complexity index is 963. The standard InChI is InChI=1S/C30H41N3O2/c1-3-26(23-13-7-5-8-14-23)29(34)31-24-19-21-32(22-20-24)28-18-12-11-17-27(28)30(35)33(4-2)25-15-9-6-10-16-25/h5,7-8,11-14,17-18,24-26H,3-4,6,9-10,15-16,19-22H2,1-2H3,(H,31,34). The van der Waals surface area contributed by atoms with E-state index in [0.717, 1.165) is 68.6 Å². The van der Waals surface area contributed by atoms with Gasteiger partial charge in [-0.15, -0.1) is 0 Å². The molecule has 1 heterocycles. The topological polar surface area (TPSA) is 52.7 Å². The summed E-state index contributed by atoms with van der Waals surface area (Å²) in [5.41, 5.74) is 2.93. The Kier molecular flexibility index (Phi) is 8.84. The van der Waals surface area contributed by atoms with Gasteiger partial charge in [-0.3, -0.25) is 9.59 Å². The zero-order valence-corrected chi connectivity index (χ0v) is 21.4. The van der Waals surface area contributed by atoms with Crippen molar-refractivity contribution in [3.63, 3.8) is 0 Å². The van der Waals surface area contributed by atoms with E-state index < -0.39 is 0 Å². The lowest BCUT2D eigenvalue weighted by atomic mass is 9.93. The number of piperidine rings is 1. The summed E-state index contributed by atoms with van der Waals surface area (Å²) in [4.78, 5) is 31.1. The van der Waals surface area contributed by atoms with Crippen molar-refractivity contribution in [2.45, 2.75) is 83.2 Å². The quantitative estimate of drug-likeness (QED) is 0.528. The Morgan fingerprint density at radius 3 is 2.23 bits per heavy atom. The van der Waals surface area contributed by atoms with Gasteiger partial charge >= 0.3 is 0 Å². The molecule has 1 unspecified atom stereocenters. The van der Waals surface area contributed by atoms with Gasteiger partial charge in [0, 0.05) is 37.4 Å². The first-order valence-electron chi connectivity index (χ1n) is 13.6. The van der Waals surface area contributed by atoms with Crippen LogP contribution in [0.2, 0.25) is 0 Å². The highest BCUT2D eigenvalue weighted by molar-refractivity contribution is 6.00. The third-order valence-corrected chi connectivity index (χ3v) is 7.86. The monoisotopic (exact) mass is 475 g/mol. The molecule has 2 aromatic carbocycles. The summed E-state index contributed by atoms with van der Waals surface area (Å²) in [5.74, 6) is 0.185. The first-order chi connectivity index (χ1) is 17.1. The second-order valence-electron chi connectivity index (χ2n) is 10.0. The molecule has 1 saturated carbocycles. The normalized spacial score (nSPS) is 18.2. The van der Waals surface area contributed by atoms with Crippen LogP contribution < -0.4 is 10.2 Å². The molecule has 1 saturated heterocycles. The van der Waals surface area contributed by atoms with Crippen LogP contribution in [0.15, 0.2) is 54.6 Å². The van der Waals surface area contributed by atoms with Gasteiger partial charge in [-0.2, -0.15) is 0 Å². The number of para-hydroxylation sites is 1. The number of hydrogen-bond donors (Lipinski definition) is 1. The van der Waals surface area contributed by atoms with Crippen molar-refractivity contribution in [3.8, 4) is 0 Å². The van der Waals surface area contributed by atoms with Gasteiger partial charge < -0.3 is 15.1 Å². The molecular formula is C30H41N3O2. The van der Waals surface area contributed by atoms with Crippen molar-refractivity contribution in [3.05, 3.63) is 65.7 Å². The first kappa shape index (κ1) is 25.3. The Labute approximate surface area is 210 Å². The van der Waals surface area contributed by atoms with Gasteiger partial charge in [0.25, 0.3) is 5.91 Å². The highest BCUT2D eigenvalue weighted by Crippen LogP contribution is 2.29. The lowest BCUT2D eigenvalue weighted by Gasteiger charge is -2.37. The van der Waals surface area contributed by atoms with E-state index in [4.69, 9.17) is 0 Å². The summed E-state index contributed by atoms with van der Waals surface area (Å²) in [6.07, 6.45) is 8.53. The Morgan fingerprint density at radius 1 is 0.914 bits per heavy atom. The number of nitrogens with one attached hydrogen (secondary N) is 1. The molecule has 1 aliphatic heterocycles. The van der Waals surface area contributed by atoms with Crippen LogP contribution in [0.1, 0.15) is 87.1 Å². The Hall–Kier alpha value is -2.82. The molecule has 188 valence electrons. The van der Waals surface area contributed by atoms with Crippen molar-refractivity contribution < 1.29 is 9.59 Å². The molecule has 0 bridgehead atoms. The van der Waals surface area contributed by atoms with Gasteiger partial charge in [-0.25, -0.2) is 0 Å². The van der Waals surface area contributed by atoms with Crippen molar-refractivity contribution >= 4 is 17.5 Å².